The van der Waals surface area contributed by atoms with Crippen LogP contribution in [-0.2, 0) is 27.2 Å². The normalized spacial score (nSPS) is 14.3. The molecule has 180 valence electrons. The van der Waals surface area contributed by atoms with Crippen molar-refractivity contribution in [3.63, 3.8) is 0 Å². The van der Waals surface area contributed by atoms with E-state index in [1.54, 1.807) is 26.0 Å². The van der Waals surface area contributed by atoms with Gasteiger partial charge in [0.25, 0.3) is 0 Å². The zero-order valence-corrected chi connectivity index (χ0v) is 19.1. The van der Waals surface area contributed by atoms with Gasteiger partial charge in [-0.05, 0) is 48.6 Å². The average molecular weight is 468 g/mol. The molecule has 0 radical (unpaired) electrons. The van der Waals surface area contributed by atoms with Crippen molar-refractivity contribution in [2.24, 2.45) is 11.8 Å². The third kappa shape index (κ3) is 7.04. The highest BCUT2D eigenvalue weighted by Gasteiger charge is 2.45. The lowest BCUT2D eigenvalue weighted by atomic mass is 9.85. The first-order valence-corrected chi connectivity index (χ1v) is 10.9. The Morgan fingerprint density at radius 3 is 2.15 bits per heavy atom. The largest absolute Gasteiger partial charge is 0.466 e. The number of carbonyl (C=O) groups is 2. The molecule has 3 unspecified atom stereocenters. The molecule has 33 heavy (non-hydrogen) atoms. The van der Waals surface area contributed by atoms with E-state index in [0.29, 0.717) is 12.0 Å². The lowest BCUT2D eigenvalue weighted by molar-refractivity contribution is -0.178. The minimum absolute atomic E-state index is 0.196. The van der Waals surface area contributed by atoms with Crippen molar-refractivity contribution >= 4 is 17.6 Å². The first-order chi connectivity index (χ1) is 15.5. The predicted octanol–water partition coefficient (Wildman–Crippen LogP) is 6.05. The summed E-state index contributed by atoms with van der Waals surface area (Å²) in [6.07, 6.45) is -3.70. The maximum Gasteiger partial charge on any atom is 0.392 e. The Labute approximate surface area is 191 Å². The molecule has 2 rings (SSSR count). The van der Waals surface area contributed by atoms with Crippen LogP contribution >= 0.6 is 0 Å². The first kappa shape index (κ1) is 26.4. The molecular formula is C25H29F4NO3. The quantitative estimate of drug-likeness (QED) is 0.361. The van der Waals surface area contributed by atoms with Gasteiger partial charge in [0.2, 0.25) is 5.91 Å². The monoisotopic (exact) mass is 467 g/mol. The number of anilines is 1. The summed E-state index contributed by atoms with van der Waals surface area (Å²) in [6, 6.07) is 10.3. The molecule has 2 aromatic carbocycles. The van der Waals surface area contributed by atoms with E-state index in [1.165, 1.54) is 24.3 Å². The Morgan fingerprint density at radius 1 is 1.00 bits per heavy atom. The van der Waals surface area contributed by atoms with Crippen LogP contribution in [0.5, 0.6) is 0 Å². The van der Waals surface area contributed by atoms with Crippen LogP contribution in [0.3, 0.4) is 0 Å². The Morgan fingerprint density at radius 2 is 1.61 bits per heavy atom. The average Bonchev–Trinajstić information content (AvgIpc) is 2.76. The molecule has 0 bridgehead atoms. The summed E-state index contributed by atoms with van der Waals surface area (Å²) < 4.78 is 60.0. The number of ether oxygens (including phenoxy) is 1. The van der Waals surface area contributed by atoms with E-state index >= 15 is 0 Å². The fourth-order valence-corrected chi connectivity index (χ4v) is 3.54. The number of carbonyl (C=O) groups excluding carboxylic acids is 2. The zero-order chi connectivity index (χ0) is 24.8. The summed E-state index contributed by atoms with van der Waals surface area (Å²) in [5.74, 6) is -6.21. The maximum absolute atomic E-state index is 14.4. The third-order valence-corrected chi connectivity index (χ3v) is 5.57. The van der Waals surface area contributed by atoms with E-state index in [0.717, 1.165) is 18.6 Å². The molecule has 0 aliphatic carbocycles. The number of hydrogen-bond acceptors (Lipinski definition) is 3. The number of hydrogen-bond donors (Lipinski definition) is 1. The molecule has 0 spiro atoms. The molecule has 0 fully saturated rings. The molecule has 1 amide bonds. The van der Waals surface area contributed by atoms with Gasteiger partial charge in [0.1, 0.15) is 5.82 Å². The SMILES string of the molecule is CCOC(=O)C(C)Cc1ccc(F)c(NC(=O)C(c2ccc(CC)cc2)C(C)C(F)(F)F)c1. The minimum atomic E-state index is -4.62. The molecule has 3 atom stereocenters. The van der Waals surface area contributed by atoms with Crippen LogP contribution in [0.15, 0.2) is 42.5 Å². The lowest BCUT2D eigenvalue weighted by Crippen LogP contribution is -2.34. The molecule has 0 heterocycles. The number of alkyl halides is 3. The van der Waals surface area contributed by atoms with E-state index in [9.17, 15) is 27.2 Å². The van der Waals surface area contributed by atoms with Crippen molar-refractivity contribution in [1.29, 1.82) is 0 Å². The van der Waals surface area contributed by atoms with Crippen molar-refractivity contribution in [1.82, 2.24) is 0 Å². The topological polar surface area (TPSA) is 55.4 Å². The van der Waals surface area contributed by atoms with Crippen molar-refractivity contribution < 1.29 is 31.9 Å². The second-order valence-corrected chi connectivity index (χ2v) is 8.06. The van der Waals surface area contributed by atoms with Gasteiger partial charge in [-0.2, -0.15) is 13.2 Å². The van der Waals surface area contributed by atoms with Gasteiger partial charge < -0.3 is 10.1 Å². The smallest absolute Gasteiger partial charge is 0.392 e. The molecule has 0 aromatic heterocycles. The molecule has 1 N–H and O–H groups in total. The predicted molar refractivity (Wildman–Crippen MR) is 118 cm³/mol. The summed E-state index contributed by atoms with van der Waals surface area (Å²) in [5.41, 5.74) is 1.42. The Balaban J connectivity index is 2.31. The van der Waals surface area contributed by atoms with Gasteiger partial charge in [0.15, 0.2) is 0 Å². The highest BCUT2D eigenvalue weighted by molar-refractivity contribution is 5.96. The van der Waals surface area contributed by atoms with Gasteiger partial charge >= 0.3 is 12.1 Å². The Kier molecular flexibility index (Phi) is 9.02. The highest BCUT2D eigenvalue weighted by atomic mass is 19.4. The van der Waals surface area contributed by atoms with E-state index in [1.807, 2.05) is 6.92 Å². The number of aryl methyl sites for hydroxylation is 1. The number of benzene rings is 2. The summed E-state index contributed by atoms with van der Waals surface area (Å²) in [7, 11) is 0. The van der Waals surface area contributed by atoms with Crippen molar-refractivity contribution in [2.75, 3.05) is 11.9 Å². The van der Waals surface area contributed by atoms with Crippen LogP contribution < -0.4 is 5.32 Å². The molecule has 0 aliphatic heterocycles. The van der Waals surface area contributed by atoms with Gasteiger partial charge in [-0.1, -0.05) is 51.1 Å². The van der Waals surface area contributed by atoms with Crippen molar-refractivity contribution in [3.05, 3.63) is 65.0 Å². The summed E-state index contributed by atoms with van der Waals surface area (Å²) >= 11 is 0. The molecular weight excluding hydrogens is 438 g/mol. The van der Waals surface area contributed by atoms with Crippen LogP contribution in [0.1, 0.15) is 50.3 Å². The molecule has 2 aromatic rings. The number of rotatable bonds is 9. The van der Waals surface area contributed by atoms with Crippen LogP contribution in [0.2, 0.25) is 0 Å². The zero-order valence-electron chi connectivity index (χ0n) is 19.1. The fraction of sp³-hybridized carbons (Fsp3) is 0.440. The second kappa shape index (κ2) is 11.3. The summed E-state index contributed by atoms with van der Waals surface area (Å²) in [6.45, 7) is 6.42. The van der Waals surface area contributed by atoms with E-state index in [-0.39, 0.29) is 24.3 Å². The first-order valence-electron chi connectivity index (χ1n) is 10.9. The minimum Gasteiger partial charge on any atom is -0.466 e. The van der Waals surface area contributed by atoms with Crippen molar-refractivity contribution in [3.8, 4) is 0 Å². The van der Waals surface area contributed by atoms with Gasteiger partial charge in [-0.25, -0.2) is 4.39 Å². The van der Waals surface area contributed by atoms with E-state index in [2.05, 4.69) is 5.32 Å². The number of nitrogens with one attached hydrogen (secondary N) is 1. The summed E-state index contributed by atoms with van der Waals surface area (Å²) in [5, 5.41) is 2.33. The summed E-state index contributed by atoms with van der Waals surface area (Å²) in [4.78, 5) is 24.8. The van der Waals surface area contributed by atoms with Gasteiger partial charge in [0, 0.05) is 0 Å². The number of esters is 1. The molecule has 0 saturated carbocycles. The molecule has 4 nitrogen and oxygen atoms in total. The van der Waals surface area contributed by atoms with E-state index in [4.69, 9.17) is 4.74 Å². The van der Waals surface area contributed by atoms with Crippen molar-refractivity contribution in [2.45, 2.75) is 52.6 Å². The van der Waals surface area contributed by atoms with Gasteiger partial charge in [-0.3, -0.25) is 9.59 Å². The van der Waals surface area contributed by atoms with Gasteiger partial charge in [-0.15, -0.1) is 0 Å². The standard InChI is InChI=1S/C25H29F4NO3/c1-5-17-7-10-19(11-8-17)22(16(4)25(27,28)29)23(31)30-21-14-18(9-12-20(21)26)13-15(3)24(32)33-6-2/h7-12,14-16,22H,5-6,13H2,1-4H3,(H,30,31). The Bertz CT molecular complexity index is 957. The fourth-order valence-electron chi connectivity index (χ4n) is 3.54. The maximum atomic E-state index is 14.4. The molecule has 8 heteroatoms. The van der Waals surface area contributed by atoms with Crippen LogP contribution in [0.4, 0.5) is 23.2 Å². The lowest BCUT2D eigenvalue weighted by Gasteiger charge is -2.26. The van der Waals surface area contributed by atoms with Crippen LogP contribution in [0.25, 0.3) is 0 Å². The number of halogens is 4. The second-order valence-electron chi connectivity index (χ2n) is 8.06. The Hall–Kier alpha value is -2.90. The van der Waals surface area contributed by atoms with Crippen LogP contribution in [-0.4, -0.2) is 24.7 Å². The molecule has 0 saturated heterocycles. The number of amides is 1. The third-order valence-electron chi connectivity index (χ3n) is 5.57. The van der Waals surface area contributed by atoms with E-state index < -0.39 is 41.6 Å². The van der Waals surface area contributed by atoms with Crippen LogP contribution in [0, 0.1) is 17.7 Å². The highest BCUT2D eigenvalue weighted by Crippen LogP contribution is 2.38. The van der Waals surface area contributed by atoms with Gasteiger partial charge in [0.05, 0.1) is 30.0 Å². The molecule has 0 aliphatic rings.